The van der Waals surface area contributed by atoms with Crippen molar-refractivity contribution in [1.29, 1.82) is 0 Å². The van der Waals surface area contributed by atoms with Crippen molar-refractivity contribution >= 4 is 55.3 Å². The average molecular weight is 619 g/mol. The van der Waals surface area contributed by atoms with Crippen LogP contribution in [0.1, 0.15) is 61.9 Å². The molecule has 2 atom stereocenters. The summed E-state index contributed by atoms with van der Waals surface area (Å²) >= 11 is 0. The van der Waals surface area contributed by atoms with Crippen LogP contribution < -0.4 is 10.4 Å². The van der Waals surface area contributed by atoms with Crippen molar-refractivity contribution in [3.8, 4) is 28.1 Å². The number of hydrogen-bond acceptors (Lipinski definition) is 6. The quantitative estimate of drug-likeness (QED) is 0.138. The molecule has 1 heterocycles. The summed E-state index contributed by atoms with van der Waals surface area (Å²) in [5.41, 5.74) is 0.488. The molecule has 0 saturated carbocycles. The van der Waals surface area contributed by atoms with E-state index in [0.717, 1.165) is 0 Å². The van der Waals surface area contributed by atoms with Crippen molar-refractivity contribution in [3.05, 3.63) is 95.8 Å². The fourth-order valence-corrected chi connectivity index (χ4v) is 4.98. The normalized spacial score (nSPS) is 14.0. The number of amides is 1. The van der Waals surface area contributed by atoms with E-state index in [1.165, 1.54) is 36.4 Å². The van der Waals surface area contributed by atoms with Gasteiger partial charge in [-0.05, 0) is 66.3 Å². The largest absolute Gasteiger partial charge is 2.00 e. The van der Waals surface area contributed by atoms with Crippen LogP contribution in [0.25, 0.3) is 22.4 Å². The third-order valence-corrected chi connectivity index (χ3v) is 6.73. The zero-order valence-corrected chi connectivity index (χ0v) is 26.0. The molecule has 0 aliphatic rings. The van der Waals surface area contributed by atoms with Crippen LogP contribution in [0.2, 0.25) is 0 Å². The third-order valence-electron chi connectivity index (χ3n) is 6.73. The van der Waals surface area contributed by atoms with Crippen LogP contribution in [0.4, 0.5) is 10.1 Å². The molecule has 0 bridgehead atoms. The molecule has 0 radical (unpaired) electrons. The number of halogens is 1. The Morgan fingerprint density at radius 1 is 1.00 bits per heavy atom. The molecule has 4 rings (SSSR count). The molecule has 0 fully saturated rings. The molecule has 0 spiro atoms. The summed E-state index contributed by atoms with van der Waals surface area (Å²) in [7, 11) is 0. The fraction of sp³-hybridized carbons (Fsp3) is 0.273. The number of benzene rings is 3. The second-order valence-corrected chi connectivity index (χ2v) is 10.2. The van der Waals surface area contributed by atoms with Crippen LogP contribution in [0.15, 0.2) is 78.7 Å². The van der Waals surface area contributed by atoms with Gasteiger partial charge in [-0.25, -0.2) is 4.39 Å². The number of phenolic OH excluding ortho intramolecular Hbond substituents is 1. The maximum atomic E-state index is 14.3. The van der Waals surface area contributed by atoms with Crippen molar-refractivity contribution < 1.29 is 41.3 Å². The summed E-state index contributed by atoms with van der Waals surface area (Å²) < 4.78 is 58.3. The number of phenols is 1. The van der Waals surface area contributed by atoms with E-state index in [0.29, 0.717) is 11.3 Å². The maximum Gasteiger partial charge on any atom is 2.00 e. The Labute approximate surface area is 286 Å². The van der Waals surface area contributed by atoms with Crippen molar-refractivity contribution in [2.75, 3.05) is 5.32 Å². The molecule has 8 nitrogen and oxygen atoms in total. The smallest absolute Gasteiger partial charge is 0.550 e. The second-order valence-electron chi connectivity index (χ2n) is 10.2. The number of aliphatic hydroxyl groups is 2. The van der Waals surface area contributed by atoms with Crippen LogP contribution in [-0.2, 0) is 11.3 Å². The van der Waals surface area contributed by atoms with Gasteiger partial charge in [0.1, 0.15) is 11.6 Å². The van der Waals surface area contributed by atoms with Gasteiger partial charge in [-0.1, -0.05) is 56.2 Å². The summed E-state index contributed by atoms with van der Waals surface area (Å²) in [5.74, 6) is -3.54. The number of rotatable bonds is 12. The first kappa shape index (κ1) is 27.3. The minimum absolute atomic E-state index is 0. The van der Waals surface area contributed by atoms with Gasteiger partial charge in [0.25, 0.3) is 5.91 Å². The summed E-state index contributed by atoms with van der Waals surface area (Å²) in [5, 5.41) is 44.8. The molecular formula is C33H34CaFN2O6+. The number of carboxylic acid groups (broad SMARTS) is 1. The van der Waals surface area contributed by atoms with Crippen molar-refractivity contribution in [2.24, 2.45) is 0 Å². The van der Waals surface area contributed by atoms with E-state index in [1.54, 1.807) is 30.5 Å². The number of carbonyl (C=O) groups is 2. The van der Waals surface area contributed by atoms with Crippen LogP contribution in [0, 0.1) is 5.82 Å². The predicted molar refractivity (Wildman–Crippen MR) is 162 cm³/mol. The monoisotopic (exact) mass is 618 g/mol. The van der Waals surface area contributed by atoms with E-state index in [9.17, 15) is 34.4 Å². The number of aromatic nitrogens is 1. The molecule has 1 amide bonds. The topological polar surface area (TPSA) is 135 Å². The number of carboxylic acids is 1. The Balaban J connectivity index is 0.00000625. The molecule has 0 aliphatic heterocycles. The van der Waals surface area contributed by atoms with E-state index in [-0.39, 0.29) is 90.9 Å². The molecule has 220 valence electrons. The van der Waals surface area contributed by atoms with Gasteiger partial charge in [0.05, 0.1) is 36.0 Å². The number of aliphatic carboxylic acids is 1. The van der Waals surface area contributed by atoms with Gasteiger partial charge in [-0.15, -0.1) is 0 Å². The van der Waals surface area contributed by atoms with Gasteiger partial charge in [-0.2, -0.15) is 0 Å². The Morgan fingerprint density at radius 2 is 1.65 bits per heavy atom. The third kappa shape index (κ3) is 8.46. The fourth-order valence-electron chi connectivity index (χ4n) is 4.98. The predicted octanol–water partition coefficient (Wildman–Crippen LogP) is 4.30. The number of nitrogens with one attached hydrogen (secondary N) is 1. The number of carbonyl (C=O) groups excluding carboxylic acids is 2. The first-order chi connectivity index (χ1) is 22.1. The molecular weight excluding hydrogens is 579 g/mol. The summed E-state index contributed by atoms with van der Waals surface area (Å²) in [4.78, 5) is 25.2. The van der Waals surface area contributed by atoms with E-state index in [1.807, 2.05) is 0 Å². The summed E-state index contributed by atoms with van der Waals surface area (Å²) in [6.45, 7) is 3.49. The van der Waals surface area contributed by atoms with Gasteiger partial charge in [0, 0.05) is 30.2 Å². The van der Waals surface area contributed by atoms with Crippen LogP contribution in [0.3, 0.4) is 0 Å². The number of hydrogen-bond donors (Lipinski definition) is 4. The molecule has 4 N–H and O–H groups in total. The zero-order valence-electron chi connectivity index (χ0n) is 28.8. The minimum Gasteiger partial charge on any atom is -0.550 e. The van der Waals surface area contributed by atoms with E-state index in [2.05, 4.69) is 5.32 Å². The number of nitrogens with zero attached hydrogens (tertiary/aromatic N) is 1. The Bertz CT molecular complexity index is 1790. The Kier molecular flexibility index (Phi) is 9.85. The van der Waals surface area contributed by atoms with Crippen LogP contribution >= 0.6 is 0 Å². The van der Waals surface area contributed by atoms with Gasteiger partial charge in [0.2, 0.25) is 0 Å². The van der Waals surface area contributed by atoms with Gasteiger partial charge in [0.15, 0.2) is 0 Å². The molecule has 0 saturated heterocycles. The maximum absolute atomic E-state index is 14.3. The molecule has 10 heteroatoms. The number of anilines is 1. The molecule has 0 unspecified atom stereocenters. The molecule has 4 aromatic rings. The van der Waals surface area contributed by atoms with Crippen molar-refractivity contribution in [3.63, 3.8) is 0 Å². The van der Waals surface area contributed by atoms with Gasteiger partial charge in [-0.3, -0.25) is 4.79 Å². The Morgan fingerprint density at radius 3 is 2.26 bits per heavy atom. The average Bonchev–Trinajstić information content (AvgIpc) is 3.34. The van der Waals surface area contributed by atoms with E-state index >= 15 is 0 Å². The molecule has 43 heavy (non-hydrogen) atoms. The van der Waals surface area contributed by atoms with Crippen LogP contribution in [-0.4, -0.2) is 81.7 Å². The molecule has 1 aromatic heterocycles. The zero-order chi connectivity index (χ0) is 34.7. The standard InChI is InChI=1S/C33H35FN2O6.Ca/c1-20(2)31-30(33(42)35-26-10-6-7-11-27(26)39)29(21-8-4-3-5-9-21)32(22-12-14-23(34)15-13-22)36(31)17-16-24(37)18-25(38)19-28(40)41;/h3-15,20,24-25,37-39H,16-19H2,1-2H3,(H,35,42)(H,40,41);/q;+2/p-1/t24-,25-;/m1./s1/i3D,4D,5D,8D,9D;. The first-order valence-corrected chi connectivity index (χ1v) is 13.4. The van der Waals surface area contributed by atoms with E-state index < -0.39 is 72.5 Å². The number of aliphatic hydroxyl groups excluding tert-OH is 2. The molecule has 3 aromatic carbocycles. The van der Waals surface area contributed by atoms with Gasteiger partial charge >= 0.3 is 37.7 Å². The van der Waals surface area contributed by atoms with Crippen molar-refractivity contribution in [1.82, 2.24) is 4.57 Å². The van der Waals surface area contributed by atoms with Crippen LogP contribution in [0.5, 0.6) is 5.75 Å². The SMILES string of the molecule is [2H]c1c([2H])c([2H])c(-c2c(C(=O)Nc3ccccc3O)c(C(C)C)n(CC[C@@H](O)C[C@@H](O)CC(=O)[O-])c2-c2ccc(F)cc2)c([2H])c1[2H].[Ca+2]. The number of aromatic hydroxyl groups is 1. The second kappa shape index (κ2) is 15.5. The van der Waals surface area contributed by atoms with Crippen molar-refractivity contribution in [2.45, 2.75) is 57.8 Å². The number of para-hydroxylation sites is 2. The summed E-state index contributed by atoms with van der Waals surface area (Å²) in [6, 6.07) is 8.01. The first-order valence-electron chi connectivity index (χ1n) is 15.9. The minimum atomic E-state index is -1.49. The molecule has 0 aliphatic carbocycles. The Hall–Kier alpha value is -3.21. The summed E-state index contributed by atoms with van der Waals surface area (Å²) in [6.07, 6.45) is -3.64. The van der Waals surface area contributed by atoms with E-state index in [4.69, 9.17) is 6.85 Å². The van der Waals surface area contributed by atoms with Gasteiger partial charge < -0.3 is 35.1 Å².